The summed E-state index contributed by atoms with van der Waals surface area (Å²) in [5.74, 6) is -2.46. The summed E-state index contributed by atoms with van der Waals surface area (Å²) >= 11 is 0. The second-order valence-corrected chi connectivity index (χ2v) is 10.3. The molecule has 166 valence electrons. The minimum Gasteiger partial charge on any atom is -0.495 e. The van der Waals surface area contributed by atoms with Crippen molar-refractivity contribution in [2.24, 2.45) is 5.92 Å². The molecular weight excluding hydrogens is 448 g/mol. The minimum absolute atomic E-state index is 0.0579. The molecule has 31 heavy (non-hydrogen) atoms. The third-order valence-corrected chi connectivity index (χ3v) is 7.84. The van der Waals surface area contributed by atoms with E-state index in [1.54, 1.807) is 0 Å². The van der Waals surface area contributed by atoms with Crippen molar-refractivity contribution in [2.45, 2.75) is 11.8 Å². The third-order valence-electron chi connectivity index (χ3n) is 4.57. The molecule has 10 nitrogen and oxygen atoms in total. The SMILES string of the molecule is COC(=O)c1cccc(NS(=O)(=O)c2cc(N3C(=O)[C@@H](C)CS3(=O)=O)ccc2OC)c1. The molecule has 12 heteroatoms. The number of nitrogens with one attached hydrogen (secondary N) is 1. The van der Waals surface area contributed by atoms with Crippen LogP contribution in [0.4, 0.5) is 11.4 Å². The van der Waals surface area contributed by atoms with Crippen LogP contribution >= 0.6 is 0 Å². The first-order chi connectivity index (χ1) is 14.5. The lowest BCUT2D eigenvalue weighted by atomic mass is 10.2. The molecular formula is C19H20N2O8S2. The molecule has 0 aromatic heterocycles. The fourth-order valence-corrected chi connectivity index (χ4v) is 6.18. The Kier molecular flexibility index (Phi) is 5.96. The zero-order valence-corrected chi connectivity index (χ0v) is 18.5. The normalized spacial score (nSPS) is 18.0. The van der Waals surface area contributed by atoms with Crippen molar-refractivity contribution >= 4 is 43.3 Å². The number of methoxy groups -OCH3 is 2. The Bertz CT molecular complexity index is 1260. The lowest BCUT2D eigenvalue weighted by Crippen LogP contribution is -2.30. The van der Waals surface area contributed by atoms with Gasteiger partial charge in [-0.15, -0.1) is 0 Å². The highest BCUT2D eigenvalue weighted by Crippen LogP contribution is 2.34. The van der Waals surface area contributed by atoms with Crippen molar-refractivity contribution in [2.75, 3.05) is 29.0 Å². The maximum absolute atomic E-state index is 13.0. The molecule has 1 amide bonds. The van der Waals surface area contributed by atoms with E-state index in [9.17, 15) is 26.4 Å². The van der Waals surface area contributed by atoms with Crippen molar-refractivity contribution in [3.63, 3.8) is 0 Å². The van der Waals surface area contributed by atoms with E-state index in [0.29, 0.717) is 4.31 Å². The Labute approximate surface area is 179 Å². The van der Waals surface area contributed by atoms with E-state index in [-0.39, 0.29) is 33.3 Å². The highest BCUT2D eigenvalue weighted by atomic mass is 32.2. The van der Waals surface area contributed by atoms with Crippen LogP contribution in [0.3, 0.4) is 0 Å². The van der Waals surface area contributed by atoms with Crippen LogP contribution in [0.1, 0.15) is 17.3 Å². The van der Waals surface area contributed by atoms with E-state index in [1.807, 2.05) is 0 Å². The average molecular weight is 469 g/mol. The number of anilines is 2. The molecule has 1 saturated heterocycles. The predicted octanol–water partition coefficient (Wildman–Crippen LogP) is 1.60. The third kappa shape index (κ3) is 4.35. The Morgan fingerprint density at radius 3 is 2.45 bits per heavy atom. The van der Waals surface area contributed by atoms with Crippen molar-refractivity contribution in [3.05, 3.63) is 48.0 Å². The number of amides is 1. The van der Waals surface area contributed by atoms with Crippen LogP contribution in [0.25, 0.3) is 0 Å². The molecule has 0 bridgehead atoms. The molecule has 0 radical (unpaired) electrons. The molecule has 1 aliphatic heterocycles. The molecule has 0 saturated carbocycles. The van der Waals surface area contributed by atoms with Crippen molar-refractivity contribution in [1.29, 1.82) is 0 Å². The largest absolute Gasteiger partial charge is 0.495 e. The molecule has 0 aliphatic carbocycles. The monoisotopic (exact) mass is 468 g/mol. The standard InChI is InChI=1S/C19H20N2O8S2/c1-12-11-30(24,25)21(18(12)22)15-7-8-16(28-2)17(10-15)31(26,27)20-14-6-4-5-13(9-14)19(23)29-3/h4-10,12,20H,11H2,1-3H3/t12-/m0/s1. The fourth-order valence-electron chi connectivity index (χ4n) is 3.13. The molecule has 1 N–H and O–H groups in total. The maximum Gasteiger partial charge on any atom is 0.337 e. The highest BCUT2D eigenvalue weighted by molar-refractivity contribution is 7.94. The number of rotatable bonds is 6. The number of hydrogen-bond donors (Lipinski definition) is 1. The summed E-state index contributed by atoms with van der Waals surface area (Å²) in [7, 11) is -5.75. The van der Waals surface area contributed by atoms with Gasteiger partial charge in [0.2, 0.25) is 15.9 Å². The quantitative estimate of drug-likeness (QED) is 0.631. The summed E-state index contributed by atoms with van der Waals surface area (Å²) in [5.41, 5.74) is 0.0962. The number of nitrogens with zero attached hydrogens (tertiary/aromatic N) is 1. The Morgan fingerprint density at radius 1 is 1.16 bits per heavy atom. The number of sulfonamides is 2. The smallest absolute Gasteiger partial charge is 0.337 e. The van der Waals surface area contributed by atoms with Gasteiger partial charge in [-0.1, -0.05) is 13.0 Å². The van der Waals surface area contributed by atoms with Crippen LogP contribution in [0.15, 0.2) is 47.4 Å². The number of ether oxygens (including phenoxy) is 2. The van der Waals surface area contributed by atoms with Gasteiger partial charge in [-0.25, -0.2) is 25.9 Å². The van der Waals surface area contributed by atoms with Crippen molar-refractivity contribution in [3.8, 4) is 5.75 Å². The van der Waals surface area contributed by atoms with Gasteiger partial charge in [0.15, 0.2) is 0 Å². The summed E-state index contributed by atoms with van der Waals surface area (Å²) in [6.45, 7) is 1.48. The van der Waals surface area contributed by atoms with Crippen LogP contribution in [0.2, 0.25) is 0 Å². The van der Waals surface area contributed by atoms with E-state index in [0.717, 1.165) is 6.07 Å². The molecule has 1 fully saturated rings. The van der Waals surface area contributed by atoms with Gasteiger partial charge in [0.25, 0.3) is 10.0 Å². The Morgan fingerprint density at radius 2 is 1.87 bits per heavy atom. The van der Waals surface area contributed by atoms with Gasteiger partial charge in [-0.3, -0.25) is 9.52 Å². The zero-order chi connectivity index (χ0) is 23.0. The molecule has 3 rings (SSSR count). The lowest BCUT2D eigenvalue weighted by Gasteiger charge is -2.18. The van der Waals surface area contributed by atoms with Gasteiger partial charge in [0, 0.05) is 5.69 Å². The first-order valence-corrected chi connectivity index (χ1v) is 12.1. The molecule has 2 aromatic rings. The fraction of sp³-hybridized carbons (Fsp3) is 0.263. The summed E-state index contributed by atoms with van der Waals surface area (Å²) in [6.07, 6.45) is 0. The minimum atomic E-state index is -4.29. The van der Waals surface area contributed by atoms with E-state index in [4.69, 9.17) is 4.74 Å². The topological polar surface area (TPSA) is 136 Å². The van der Waals surface area contributed by atoms with E-state index in [1.165, 1.54) is 57.5 Å². The second-order valence-electron chi connectivity index (χ2n) is 6.80. The zero-order valence-electron chi connectivity index (χ0n) is 16.9. The summed E-state index contributed by atoms with van der Waals surface area (Å²) in [4.78, 5) is 23.7. The van der Waals surface area contributed by atoms with Crippen molar-refractivity contribution in [1.82, 2.24) is 0 Å². The van der Waals surface area contributed by atoms with Crippen LogP contribution in [-0.4, -0.2) is 48.7 Å². The lowest BCUT2D eigenvalue weighted by molar-refractivity contribution is -0.119. The van der Waals surface area contributed by atoms with E-state index in [2.05, 4.69) is 9.46 Å². The Hall–Kier alpha value is -3.12. The maximum atomic E-state index is 13.0. The average Bonchev–Trinajstić information content (AvgIpc) is 2.93. The van der Waals surface area contributed by atoms with Crippen LogP contribution < -0.4 is 13.8 Å². The van der Waals surface area contributed by atoms with Gasteiger partial charge in [0.1, 0.15) is 10.6 Å². The highest BCUT2D eigenvalue weighted by Gasteiger charge is 2.42. The first kappa shape index (κ1) is 22.6. The number of esters is 1. The first-order valence-electron chi connectivity index (χ1n) is 8.96. The molecule has 0 spiro atoms. The van der Waals surface area contributed by atoms with Gasteiger partial charge in [-0.05, 0) is 36.4 Å². The van der Waals surface area contributed by atoms with Gasteiger partial charge < -0.3 is 9.47 Å². The molecule has 1 atom stereocenters. The molecule has 1 heterocycles. The van der Waals surface area contributed by atoms with E-state index < -0.39 is 37.8 Å². The van der Waals surface area contributed by atoms with Crippen LogP contribution in [0.5, 0.6) is 5.75 Å². The molecule has 1 aliphatic rings. The predicted molar refractivity (Wildman–Crippen MR) is 112 cm³/mol. The van der Waals surface area contributed by atoms with Crippen LogP contribution in [0, 0.1) is 5.92 Å². The summed E-state index contributed by atoms with van der Waals surface area (Å²) < 4.78 is 63.5. The summed E-state index contributed by atoms with van der Waals surface area (Å²) in [5, 5.41) is 0. The van der Waals surface area contributed by atoms with Gasteiger partial charge in [-0.2, -0.15) is 0 Å². The number of benzene rings is 2. The molecule has 2 aromatic carbocycles. The Balaban J connectivity index is 2.04. The summed E-state index contributed by atoms with van der Waals surface area (Å²) in [6, 6.07) is 9.25. The second kappa shape index (κ2) is 8.19. The number of carbonyl (C=O) groups is 2. The van der Waals surface area contributed by atoms with Crippen LogP contribution in [-0.2, 0) is 29.6 Å². The van der Waals surface area contributed by atoms with Crippen molar-refractivity contribution < 1.29 is 35.9 Å². The number of carbonyl (C=O) groups excluding carboxylic acids is 2. The van der Waals surface area contributed by atoms with Gasteiger partial charge in [0.05, 0.1) is 37.1 Å². The number of hydrogen-bond acceptors (Lipinski definition) is 8. The van der Waals surface area contributed by atoms with Gasteiger partial charge >= 0.3 is 5.97 Å². The molecule has 0 unspecified atom stereocenters. The van der Waals surface area contributed by atoms with E-state index >= 15 is 0 Å².